The molecule has 1 saturated heterocycles. The quantitative estimate of drug-likeness (QED) is 0.420. The van der Waals surface area contributed by atoms with Crippen LogP contribution in [0, 0.1) is 6.61 Å². The Balaban J connectivity index is 2.08. The molecule has 0 aliphatic carbocycles. The highest BCUT2D eigenvalue weighted by atomic mass is 16.5. The SMILES string of the molecule is OC1[CH]OC1. The van der Waals surface area contributed by atoms with E-state index in [4.69, 9.17) is 5.11 Å². The van der Waals surface area contributed by atoms with E-state index in [0.717, 1.165) is 0 Å². The van der Waals surface area contributed by atoms with Crippen molar-refractivity contribution in [3.8, 4) is 0 Å². The predicted molar refractivity (Wildman–Crippen MR) is 16.3 cm³/mol. The van der Waals surface area contributed by atoms with Gasteiger partial charge in [0.2, 0.25) is 0 Å². The van der Waals surface area contributed by atoms with E-state index in [1.54, 1.807) is 0 Å². The third-order valence-electron chi connectivity index (χ3n) is 0.520. The molecule has 0 aromatic carbocycles. The Hall–Kier alpha value is -0.0800. The Bertz CT molecular complexity index is 31.9. The number of hydrogen-bond acceptors (Lipinski definition) is 2. The molecular weight excluding hydrogens is 68.0 g/mol. The van der Waals surface area contributed by atoms with E-state index in [2.05, 4.69) is 4.74 Å². The summed E-state index contributed by atoms with van der Waals surface area (Å²) in [7, 11) is 0. The summed E-state index contributed by atoms with van der Waals surface area (Å²) in [6.45, 7) is 1.89. The zero-order valence-corrected chi connectivity index (χ0v) is 2.72. The topological polar surface area (TPSA) is 29.5 Å². The van der Waals surface area contributed by atoms with Crippen molar-refractivity contribution >= 4 is 0 Å². The first kappa shape index (κ1) is 3.12. The van der Waals surface area contributed by atoms with Crippen LogP contribution in [0.3, 0.4) is 0 Å². The van der Waals surface area contributed by atoms with Crippen molar-refractivity contribution < 1.29 is 9.84 Å². The highest BCUT2D eigenvalue weighted by molar-refractivity contribution is 4.73. The average molecular weight is 73.1 g/mol. The summed E-state index contributed by atoms with van der Waals surface area (Å²) in [5.41, 5.74) is 0. The lowest BCUT2D eigenvalue weighted by molar-refractivity contribution is -0.0390. The Morgan fingerprint density at radius 2 is 2.40 bits per heavy atom. The van der Waals surface area contributed by atoms with Gasteiger partial charge in [0.1, 0.15) is 12.7 Å². The van der Waals surface area contributed by atoms with Crippen molar-refractivity contribution in [3.05, 3.63) is 6.61 Å². The molecule has 1 radical (unpaired) electrons. The fourth-order valence-electron chi connectivity index (χ4n) is 0.182. The highest BCUT2D eigenvalue weighted by Gasteiger charge is 2.13. The summed E-state index contributed by atoms with van der Waals surface area (Å²) >= 11 is 0. The second-order valence-corrected chi connectivity index (χ2v) is 1.04. The monoisotopic (exact) mass is 73.0 g/mol. The lowest BCUT2D eigenvalue weighted by atomic mass is 10.3. The molecule has 1 heterocycles. The van der Waals surface area contributed by atoms with Crippen LogP contribution in [-0.2, 0) is 4.74 Å². The maximum Gasteiger partial charge on any atom is 0.114 e. The maximum absolute atomic E-state index is 8.27. The summed E-state index contributed by atoms with van der Waals surface area (Å²) in [5, 5.41) is 8.27. The van der Waals surface area contributed by atoms with Crippen LogP contribution in [0.2, 0.25) is 0 Å². The summed E-state index contributed by atoms with van der Waals surface area (Å²) in [5.74, 6) is 0. The van der Waals surface area contributed by atoms with Crippen LogP contribution < -0.4 is 0 Å². The van der Waals surface area contributed by atoms with Gasteiger partial charge in [0.25, 0.3) is 0 Å². The van der Waals surface area contributed by atoms with E-state index in [0.29, 0.717) is 6.61 Å². The van der Waals surface area contributed by atoms with Crippen LogP contribution in [0.15, 0.2) is 0 Å². The van der Waals surface area contributed by atoms with E-state index in [-0.39, 0.29) is 6.10 Å². The Morgan fingerprint density at radius 1 is 2.00 bits per heavy atom. The minimum absolute atomic E-state index is 0.282. The van der Waals surface area contributed by atoms with Gasteiger partial charge < -0.3 is 9.84 Å². The van der Waals surface area contributed by atoms with Crippen LogP contribution >= 0.6 is 0 Å². The minimum atomic E-state index is -0.282. The van der Waals surface area contributed by atoms with Crippen molar-refractivity contribution in [3.63, 3.8) is 0 Å². The largest absolute Gasteiger partial charge is 0.388 e. The van der Waals surface area contributed by atoms with E-state index in [1.165, 1.54) is 6.61 Å². The Labute approximate surface area is 30.4 Å². The van der Waals surface area contributed by atoms with Crippen LogP contribution in [0.4, 0.5) is 0 Å². The lowest BCUT2D eigenvalue weighted by Gasteiger charge is -2.17. The van der Waals surface area contributed by atoms with Crippen molar-refractivity contribution in [2.75, 3.05) is 6.61 Å². The molecule has 2 heteroatoms. The number of ether oxygens (including phenoxy) is 1. The molecule has 2 nitrogen and oxygen atoms in total. The van der Waals surface area contributed by atoms with Gasteiger partial charge in [-0.2, -0.15) is 0 Å². The molecule has 0 aromatic rings. The molecule has 1 fully saturated rings. The Morgan fingerprint density at radius 3 is 2.40 bits per heavy atom. The fraction of sp³-hybridized carbons (Fsp3) is 0.667. The minimum Gasteiger partial charge on any atom is -0.388 e. The first-order valence-electron chi connectivity index (χ1n) is 1.52. The third-order valence-corrected chi connectivity index (χ3v) is 0.520. The van der Waals surface area contributed by atoms with Crippen LogP contribution in [0.5, 0.6) is 0 Å². The van der Waals surface area contributed by atoms with Gasteiger partial charge in [-0.05, 0) is 0 Å². The molecule has 0 amide bonds. The summed E-state index contributed by atoms with van der Waals surface area (Å²) in [6.07, 6.45) is -0.282. The standard InChI is InChI=1S/C3H5O2/c4-3-1-5-2-3/h1,3-4H,2H2. The van der Waals surface area contributed by atoms with Gasteiger partial charge >= 0.3 is 0 Å². The number of hydrogen-bond donors (Lipinski definition) is 1. The van der Waals surface area contributed by atoms with E-state index in [9.17, 15) is 0 Å². The molecule has 0 saturated carbocycles. The lowest BCUT2D eigenvalue weighted by Crippen LogP contribution is -2.27. The third kappa shape index (κ3) is 0.412. The zero-order chi connectivity index (χ0) is 3.70. The number of aliphatic hydroxyl groups excluding tert-OH is 1. The van der Waals surface area contributed by atoms with Crippen molar-refractivity contribution in [1.29, 1.82) is 0 Å². The smallest absolute Gasteiger partial charge is 0.114 e. The van der Waals surface area contributed by atoms with Gasteiger partial charge in [-0.1, -0.05) is 0 Å². The Kier molecular flexibility index (Phi) is 0.596. The molecule has 1 aliphatic rings. The second-order valence-electron chi connectivity index (χ2n) is 1.04. The van der Waals surface area contributed by atoms with Crippen molar-refractivity contribution in [2.45, 2.75) is 6.10 Å². The highest BCUT2D eigenvalue weighted by Crippen LogP contribution is 2.02. The van der Waals surface area contributed by atoms with Gasteiger partial charge in [-0.15, -0.1) is 0 Å². The molecule has 1 rings (SSSR count). The fourth-order valence-corrected chi connectivity index (χ4v) is 0.182. The van der Waals surface area contributed by atoms with E-state index in [1.807, 2.05) is 0 Å². The molecular formula is C3H5O2. The first-order valence-corrected chi connectivity index (χ1v) is 1.52. The van der Waals surface area contributed by atoms with Crippen LogP contribution in [-0.4, -0.2) is 17.8 Å². The van der Waals surface area contributed by atoms with Gasteiger partial charge in [0.05, 0.1) is 6.61 Å². The number of rotatable bonds is 0. The van der Waals surface area contributed by atoms with Crippen molar-refractivity contribution in [2.24, 2.45) is 0 Å². The average Bonchev–Trinajstić information content (AvgIpc) is 1.30. The second kappa shape index (κ2) is 0.954. The molecule has 1 aliphatic heterocycles. The van der Waals surface area contributed by atoms with Crippen LogP contribution in [0.1, 0.15) is 0 Å². The van der Waals surface area contributed by atoms with Crippen LogP contribution in [0.25, 0.3) is 0 Å². The molecule has 1 atom stereocenters. The van der Waals surface area contributed by atoms with E-state index < -0.39 is 0 Å². The van der Waals surface area contributed by atoms with Gasteiger partial charge in [-0.3, -0.25) is 0 Å². The molecule has 0 aromatic heterocycles. The summed E-state index contributed by atoms with van der Waals surface area (Å²) in [6, 6.07) is 0. The molecule has 5 heavy (non-hydrogen) atoms. The normalized spacial score (nSPS) is 25.8. The van der Waals surface area contributed by atoms with E-state index >= 15 is 0 Å². The summed E-state index contributed by atoms with van der Waals surface area (Å²) < 4.78 is 4.46. The zero-order valence-electron chi connectivity index (χ0n) is 2.72. The maximum atomic E-state index is 8.27. The van der Waals surface area contributed by atoms with Gasteiger partial charge in [0, 0.05) is 0 Å². The molecule has 0 spiro atoms. The summed E-state index contributed by atoms with van der Waals surface area (Å²) in [4.78, 5) is 0. The van der Waals surface area contributed by atoms with Gasteiger partial charge in [-0.25, -0.2) is 0 Å². The number of aliphatic hydroxyl groups is 1. The molecule has 29 valence electrons. The predicted octanol–water partition coefficient (Wildman–Crippen LogP) is -0.461. The molecule has 0 bridgehead atoms. The first-order chi connectivity index (χ1) is 2.39. The molecule has 1 N–H and O–H groups in total. The molecule has 1 unspecified atom stereocenters. The van der Waals surface area contributed by atoms with Crippen molar-refractivity contribution in [1.82, 2.24) is 0 Å². The van der Waals surface area contributed by atoms with Gasteiger partial charge in [0.15, 0.2) is 0 Å².